The molecule has 4 aromatic carbocycles. The Hall–Kier alpha value is -5.38. The first-order valence-corrected chi connectivity index (χ1v) is 24.1. The Bertz CT molecular complexity index is 2120. The van der Waals surface area contributed by atoms with Gasteiger partial charge in [0.05, 0.1) is 0 Å². The summed E-state index contributed by atoms with van der Waals surface area (Å²) >= 11 is -4.69. The molecule has 0 atom stereocenters. The number of aromatic nitrogens is 4. The Labute approximate surface area is 304 Å². The predicted octanol–water partition coefficient (Wildman–Crippen LogP) is 9.33. The SMILES string of the molecule is Cc1nn(-c2ccc(C(F)(F)F)cc2)c([O][Sn]([CH3])([CH3])[O]c2c(C(=O)c3ccccc3)c(C)nn2-c2ccc(C(F)(F)F)cc2)c1C(=O)c1ccccc1. The molecule has 0 fully saturated rings. The van der Waals surface area contributed by atoms with E-state index in [4.69, 9.17) is 6.15 Å². The van der Waals surface area contributed by atoms with E-state index in [1.54, 1.807) is 84.4 Å². The molecular weight excluding hydrogens is 809 g/mol. The van der Waals surface area contributed by atoms with Gasteiger partial charge in [-0.2, -0.15) is 0 Å². The Morgan fingerprint density at radius 1 is 0.547 bits per heavy atom. The van der Waals surface area contributed by atoms with Gasteiger partial charge in [-0.1, -0.05) is 0 Å². The average molecular weight is 839 g/mol. The summed E-state index contributed by atoms with van der Waals surface area (Å²) < 4.78 is 96.3. The normalized spacial score (nSPS) is 12.1. The Morgan fingerprint density at radius 2 is 0.868 bits per heavy atom. The minimum absolute atomic E-state index is 0.0393. The van der Waals surface area contributed by atoms with Crippen molar-refractivity contribution in [1.29, 1.82) is 0 Å². The first kappa shape index (κ1) is 37.4. The summed E-state index contributed by atoms with van der Waals surface area (Å²) in [5.41, 5.74) is -0.331. The summed E-state index contributed by atoms with van der Waals surface area (Å²) in [5.74, 6) is -1.12. The van der Waals surface area contributed by atoms with Crippen LogP contribution in [0, 0.1) is 13.8 Å². The second-order valence-electron chi connectivity index (χ2n) is 12.4. The molecule has 0 saturated heterocycles. The van der Waals surface area contributed by atoms with Crippen molar-refractivity contribution in [2.75, 3.05) is 0 Å². The van der Waals surface area contributed by atoms with E-state index in [0.29, 0.717) is 11.1 Å². The van der Waals surface area contributed by atoms with Crippen LogP contribution in [0.25, 0.3) is 11.4 Å². The van der Waals surface area contributed by atoms with E-state index < -0.39 is 54.3 Å². The molecule has 0 spiro atoms. The molecule has 0 radical (unpaired) electrons. The van der Waals surface area contributed by atoms with E-state index in [1.165, 1.54) is 33.6 Å². The van der Waals surface area contributed by atoms with E-state index in [2.05, 4.69) is 10.2 Å². The van der Waals surface area contributed by atoms with Gasteiger partial charge in [-0.15, -0.1) is 0 Å². The van der Waals surface area contributed by atoms with Gasteiger partial charge in [0.25, 0.3) is 0 Å². The minimum atomic E-state index is -4.69. The molecule has 0 unspecified atom stereocenters. The van der Waals surface area contributed by atoms with Gasteiger partial charge < -0.3 is 0 Å². The number of carbonyl (C=O) groups is 2. The van der Waals surface area contributed by atoms with Crippen molar-refractivity contribution < 1.29 is 42.1 Å². The summed E-state index contributed by atoms with van der Waals surface area (Å²) in [6, 6.07) is 24.8. The number of alkyl halides is 6. The van der Waals surface area contributed by atoms with Crippen molar-refractivity contribution >= 4 is 30.8 Å². The Morgan fingerprint density at radius 3 is 1.17 bits per heavy atom. The quantitative estimate of drug-likeness (QED) is 0.0777. The van der Waals surface area contributed by atoms with Gasteiger partial charge in [0, 0.05) is 0 Å². The topological polar surface area (TPSA) is 88.2 Å². The van der Waals surface area contributed by atoms with Crippen LogP contribution in [-0.4, -0.2) is 50.3 Å². The molecule has 53 heavy (non-hydrogen) atoms. The zero-order valence-electron chi connectivity index (χ0n) is 28.6. The fourth-order valence-electron chi connectivity index (χ4n) is 5.61. The van der Waals surface area contributed by atoms with Crippen LogP contribution >= 0.6 is 0 Å². The average Bonchev–Trinajstić information content (AvgIpc) is 3.61. The molecule has 6 aromatic rings. The van der Waals surface area contributed by atoms with E-state index in [0.717, 1.165) is 24.3 Å². The van der Waals surface area contributed by atoms with E-state index in [9.17, 15) is 35.9 Å². The number of hydrogen-bond acceptors (Lipinski definition) is 6. The third-order valence-corrected chi connectivity index (χ3v) is 12.0. The third-order valence-electron chi connectivity index (χ3n) is 8.13. The zero-order chi connectivity index (χ0) is 38.3. The second-order valence-corrected chi connectivity index (χ2v) is 21.6. The van der Waals surface area contributed by atoms with Gasteiger partial charge in [0.15, 0.2) is 0 Å². The Kier molecular flexibility index (Phi) is 10.0. The fraction of sp³-hybridized carbons (Fsp3) is 0.158. The van der Waals surface area contributed by atoms with Gasteiger partial charge in [0.2, 0.25) is 0 Å². The molecule has 0 saturated carbocycles. The maximum absolute atomic E-state index is 14.0. The van der Waals surface area contributed by atoms with Crippen LogP contribution in [0.15, 0.2) is 109 Å². The van der Waals surface area contributed by atoms with E-state index in [1.807, 2.05) is 0 Å². The molecular formula is C38H30F6N4O4Sn. The van der Waals surface area contributed by atoms with Crippen LogP contribution in [0.3, 0.4) is 0 Å². The molecule has 0 aliphatic heterocycles. The van der Waals surface area contributed by atoms with E-state index in [-0.39, 0.29) is 45.6 Å². The van der Waals surface area contributed by atoms with Crippen LogP contribution in [-0.2, 0) is 12.4 Å². The van der Waals surface area contributed by atoms with Crippen molar-refractivity contribution in [2.45, 2.75) is 36.1 Å². The molecule has 0 aliphatic carbocycles. The number of aryl methyl sites for hydroxylation is 2. The number of benzene rings is 4. The molecule has 15 heteroatoms. The molecule has 8 nitrogen and oxygen atoms in total. The first-order valence-electron chi connectivity index (χ1n) is 16.1. The van der Waals surface area contributed by atoms with Crippen LogP contribution < -0.4 is 6.15 Å². The summed E-state index contributed by atoms with van der Waals surface area (Å²) in [5, 5.41) is 8.99. The van der Waals surface area contributed by atoms with Crippen LogP contribution in [0.4, 0.5) is 26.3 Å². The molecule has 0 N–H and O–H groups in total. The molecule has 2 heterocycles. The van der Waals surface area contributed by atoms with Crippen LogP contribution in [0.1, 0.15) is 54.4 Å². The second kappa shape index (κ2) is 14.2. The third kappa shape index (κ3) is 7.87. The van der Waals surface area contributed by atoms with Crippen molar-refractivity contribution in [3.63, 3.8) is 0 Å². The zero-order valence-corrected chi connectivity index (χ0v) is 31.4. The molecule has 0 aliphatic rings. The monoisotopic (exact) mass is 840 g/mol. The van der Waals surface area contributed by atoms with Gasteiger partial charge in [-0.05, 0) is 0 Å². The van der Waals surface area contributed by atoms with Crippen molar-refractivity contribution in [1.82, 2.24) is 19.6 Å². The predicted molar refractivity (Wildman–Crippen MR) is 185 cm³/mol. The number of rotatable bonds is 10. The molecule has 0 amide bonds. The van der Waals surface area contributed by atoms with Gasteiger partial charge >= 0.3 is 306 Å². The van der Waals surface area contributed by atoms with Gasteiger partial charge in [0.1, 0.15) is 0 Å². The molecule has 6 rings (SSSR count). The van der Waals surface area contributed by atoms with E-state index >= 15 is 0 Å². The number of nitrogens with zero attached hydrogens (tertiary/aromatic N) is 4. The standard InChI is InChI=1S/2C18H13F3N2O2.2CH3.Sn/c2*1-11-15(16(24)12-5-3-2-4-6-12)17(25)23(22-11)14-9-7-13(8-10-14)18(19,20)21;;;/h2*2-10,25H,1H3;2*1H3;/q;;;;+2/p-2. The van der Waals surface area contributed by atoms with Crippen LogP contribution in [0.2, 0.25) is 9.88 Å². The maximum atomic E-state index is 14.0. The molecule has 0 bridgehead atoms. The summed E-state index contributed by atoms with van der Waals surface area (Å²) in [7, 11) is 0. The summed E-state index contributed by atoms with van der Waals surface area (Å²) in [4.78, 5) is 31.3. The Balaban J connectivity index is 1.48. The number of halogens is 6. The van der Waals surface area contributed by atoms with Crippen molar-refractivity contribution in [2.24, 2.45) is 0 Å². The number of carbonyl (C=O) groups excluding carboxylic acids is 2. The molecule has 2 aromatic heterocycles. The summed E-state index contributed by atoms with van der Waals surface area (Å²) in [6.45, 7) is 3.12. The van der Waals surface area contributed by atoms with Crippen molar-refractivity contribution in [3.8, 4) is 23.1 Å². The van der Waals surface area contributed by atoms with Crippen molar-refractivity contribution in [3.05, 3.63) is 154 Å². The molecule has 272 valence electrons. The summed E-state index contributed by atoms with van der Waals surface area (Å²) in [6.07, 6.45) is -9.19. The fourth-order valence-corrected chi connectivity index (χ4v) is 9.46. The number of ketones is 2. The van der Waals surface area contributed by atoms with Gasteiger partial charge in [-0.3, -0.25) is 0 Å². The van der Waals surface area contributed by atoms with Crippen LogP contribution in [0.5, 0.6) is 11.8 Å². The van der Waals surface area contributed by atoms with Gasteiger partial charge in [-0.25, -0.2) is 0 Å². The first-order chi connectivity index (χ1) is 24.9. The number of hydrogen-bond donors (Lipinski definition) is 0.